The number of hydrogen-bond donors (Lipinski definition) is 0. The summed E-state index contributed by atoms with van der Waals surface area (Å²) >= 11 is 0. The van der Waals surface area contributed by atoms with E-state index >= 15 is 0 Å². The number of para-hydroxylation sites is 12. The predicted octanol–water partition coefficient (Wildman–Crippen LogP) is 33.5. The number of aromatic nitrogens is 8. The summed E-state index contributed by atoms with van der Waals surface area (Å²) < 4.78 is 20.5. The first-order chi connectivity index (χ1) is 62.9. The number of hydrogen-bond acceptors (Lipinski definition) is 0. The minimum atomic E-state index is 0. The summed E-state index contributed by atoms with van der Waals surface area (Å²) in [5, 5.41) is 31.7. The van der Waals surface area contributed by atoms with Crippen molar-refractivity contribution in [3.05, 3.63) is 362 Å². The van der Waals surface area contributed by atoms with Gasteiger partial charge in [0.05, 0.1) is 110 Å². The third kappa shape index (κ3) is 9.07. The van der Waals surface area contributed by atoms with Crippen LogP contribution in [-0.4, -0.2) is 35.9 Å². The third-order valence-corrected chi connectivity index (χ3v) is 29.7. The van der Waals surface area contributed by atoms with Gasteiger partial charge in [-0.2, -0.15) is 0 Å². The third-order valence-electron chi connectivity index (χ3n) is 29.7. The summed E-state index contributed by atoms with van der Waals surface area (Å²) in [4.78, 5) is 0. The Morgan fingerprint density at radius 1 is 0.147 bits per heavy atom. The van der Waals surface area contributed by atoms with E-state index in [1.807, 2.05) is 0 Å². The van der Waals surface area contributed by atoms with Crippen molar-refractivity contribution in [2.75, 3.05) is 0 Å². The maximum atomic E-state index is 2.68. The SMILES string of the molecule is C.CC(C)c1c2c3cccc4c5cc6c(cc5n(c2c(C(C)C)c2c5cccc7c8cc9c(cc8n(c12)c75)c1ccccc1n9-c1ccccc1)c43)c1ccccc1n6-c1ccccc1.CC(C)c1c2c3cccc4c5cc6c7ccccc7n(-c7ccccc7)c6cc5n(c2c(C(C)C)c2c5cccc6c7cc8c9ccccc9n(-c9ccccc9)c8cc7n(c12)c65)c43. The van der Waals surface area contributed by atoms with Crippen molar-refractivity contribution in [2.24, 2.45) is 0 Å². The molecule has 12 heterocycles. The van der Waals surface area contributed by atoms with Crippen LogP contribution in [0.15, 0.2) is 340 Å². The van der Waals surface area contributed by atoms with Crippen molar-refractivity contribution in [2.45, 2.75) is 86.5 Å². The predicted molar refractivity (Wildman–Crippen MR) is 552 cm³/mol. The number of rotatable bonds is 8. The number of benzene rings is 18. The molecule has 612 valence electrons. The Hall–Kier alpha value is -15.6. The van der Waals surface area contributed by atoms with E-state index in [4.69, 9.17) is 0 Å². The summed E-state index contributed by atoms with van der Waals surface area (Å²) in [6, 6.07) is 127. The van der Waals surface area contributed by atoms with Gasteiger partial charge in [-0.1, -0.05) is 281 Å². The smallest absolute Gasteiger partial charge is 0.0620 e. The molecule has 0 aliphatic carbocycles. The average molecular weight is 1650 g/mol. The Morgan fingerprint density at radius 3 is 0.589 bits per heavy atom. The van der Waals surface area contributed by atoms with Crippen LogP contribution in [-0.2, 0) is 0 Å². The van der Waals surface area contributed by atoms with E-state index in [9.17, 15) is 0 Å². The molecule has 0 aliphatic rings. The minimum absolute atomic E-state index is 0. The lowest BCUT2D eigenvalue weighted by molar-refractivity contribution is 0.869. The van der Waals surface area contributed by atoms with E-state index in [-0.39, 0.29) is 31.1 Å². The van der Waals surface area contributed by atoms with Crippen molar-refractivity contribution >= 4 is 240 Å². The minimum Gasteiger partial charge on any atom is -0.309 e. The topological polar surface area (TPSA) is 37.4 Å². The second-order valence-electron chi connectivity index (χ2n) is 37.6. The molecule has 0 saturated carbocycles. The Labute approximate surface area is 741 Å². The zero-order valence-electron chi connectivity index (χ0n) is 72.2. The Bertz CT molecular complexity index is 9490. The monoisotopic (exact) mass is 1650 g/mol. The molecule has 0 spiro atoms. The van der Waals surface area contributed by atoms with Crippen LogP contribution in [0.1, 0.15) is 109 Å². The van der Waals surface area contributed by atoms with Gasteiger partial charge in [0.2, 0.25) is 0 Å². The largest absolute Gasteiger partial charge is 0.309 e. The van der Waals surface area contributed by atoms with Gasteiger partial charge < -0.3 is 35.9 Å². The molecule has 129 heavy (non-hydrogen) atoms. The highest BCUT2D eigenvalue weighted by atomic mass is 15.0. The fourth-order valence-electron chi connectivity index (χ4n) is 25.1. The molecule has 8 heteroatoms. The maximum absolute atomic E-state index is 2.68. The first-order valence-corrected chi connectivity index (χ1v) is 45.7. The zero-order chi connectivity index (χ0) is 84.5. The average Bonchev–Trinajstić information content (AvgIpc) is 1.49. The molecule has 30 rings (SSSR count). The molecule has 8 nitrogen and oxygen atoms in total. The highest BCUT2D eigenvalue weighted by Gasteiger charge is 2.36. The highest BCUT2D eigenvalue weighted by molar-refractivity contribution is 6.37. The molecule has 0 unspecified atom stereocenters. The van der Waals surface area contributed by atoms with Crippen LogP contribution < -0.4 is 0 Å². The van der Waals surface area contributed by atoms with Crippen LogP contribution in [0.25, 0.3) is 262 Å². The summed E-state index contributed by atoms with van der Waals surface area (Å²) in [7, 11) is 0. The van der Waals surface area contributed by atoms with E-state index in [1.54, 1.807) is 0 Å². The Kier molecular flexibility index (Phi) is 14.5. The van der Waals surface area contributed by atoms with Crippen LogP contribution in [0.3, 0.4) is 0 Å². The van der Waals surface area contributed by atoms with Crippen LogP contribution in [0, 0.1) is 0 Å². The van der Waals surface area contributed by atoms with Crippen molar-refractivity contribution in [1.29, 1.82) is 0 Å². The summed E-state index contributed by atoms with van der Waals surface area (Å²) in [5.41, 5.74) is 36.2. The van der Waals surface area contributed by atoms with Gasteiger partial charge in [0.15, 0.2) is 0 Å². The van der Waals surface area contributed by atoms with Gasteiger partial charge in [-0.15, -0.1) is 0 Å². The Balaban J connectivity index is 0.000000129. The van der Waals surface area contributed by atoms with E-state index < -0.39 is 0 Å². The van der Waals surface area contributed by atoms with Crippen LogP contribution >= 0.6 is 0 Å². The van der Waals surface area contributed by atoms with Crippen molar-refractivity contribution in [3.8, 4) is 22.7 Å². The fourth-order valence-corrected chi connectivity index (χ4v) is 25.1. The quantitative estimate of drug-likeness (QED) is 0.145. The molecule has 0 aliphatic heterocycles. The molecule has 0 saturated heterocycles. The molecule has 0 bridgehead atoms. The van der Waals surface area contributed by atoms with E-state index in [0.29, 0.717) is 0 Å². The van der Waals surface area contributed by atoms with Gasteiger partial charge in [0.1, 0.15) is 0 Å². The number of nitrogens with zero attached hydrogens (tertiary/aromatic N) is 8. The first-order valence-electron chi connectivity index (χ1n) is 45.7. The summed E-state index contributed by atoms with van der Waals surface area (Å²) in [5.74, 6) is 1.03. The molecule has 0 amide bonds. The van der Waals surface area contributed by atoms with Crippen molar-refractivity contribution in [1.82, 2.24) is 35.9 Å². The van der Waals surface area contributed by atoms with Gasteiger partial charge in [-0.3, -0.25) is 0 Å². The molecule has 18 aromatic carbocycles. The second-order valence-corrected chi connectivity index (χ2v) is 37.6. The molecule has 0 atom stereocenters. The standard InChI is InChI=1S/2C60H42N4.CH4/c1-33(2)53-55-41-25-15-23-39-46-32-50-44(38-22-12-14-28-48(38)62(50)36-19-9-6-10-20-36)30-52(46)64(57(39)41)60(55)54(34(3)4)56-42-26-16-24-40-45-31-49-43(29-51(45)63(58(40)42)59(53)56)37-21-11-13-27-47(37)61(49)35-17-7-5-8-18-35;1-33(2)53-55-41-25-15-23-39-46-30-44-38-22-12-14-28-48(38)62(36-19-9-6-10-20-36)50(44)32-52(46)64(57(39)41)60(55)54(34(3)4)56-42-26-16-24-40-45-29-43-37-21-11-13-27-47(37)61(35-17-7-5-8-18-35)49(43)31-51(45)63(58(40)42)59(53)56;/h2*5-34H,1-4H3;1H4. The molecule has 0 radical (unpaired) electrons. The van der Waals surface area contributed by atoms with E-state index in [1.165, 1.54) is 285 Å². The molecular weight excluding hydrogens is 1570 g/mol. The molecule has 12 aromatic heterocycles. The molecule has 0 N–H and O–H groups in total. The zero-order valence-corrected chi connectivity index (χ0v) is 72.2. The lowest BCUT2D eigenvalue weighted by Crippen LogP contribution is -2.01. The molecule has 30 aromatic rings. The Morgan fingerprint density at radius 2 is 0.333 bits per heavy atom. The van der Waals surface area contributed by atoms with Gasteiger partial charge >= 0.3 is 0 Å². The normalized spacial score (nSPS) is 12.9. The van der Waals surface area contributed by atoms with Crippen LogP contribution in [0.4, 0.5) is 0 Å². The van der Waals surface area contributed by atoms with Gasteiger partial charge in [0.25, 0.3) is 0 Å². The lowest BCUT2D eigenvalue weighted by atomic mass is 9.87. The van der Waals surface area contributed by atoms with Crippen LogP contribution in [0.5, 0.6) is 0 Å². The van der Waals surface area contributed by atoms with Crippen molar-refractivity contribution in [3.63, 3.8) is 0 Å². The summed E-state index contributed by atoms with van der Waals surface area (Å²) in [6.07, 6.45) is 0. The fraction of sp³-hybridized carbons (Fsp3) is 0.107. The van der Waals surface area contributed by atoms with Crippen molar-refractivity contribution < 1.29 is 0 Å². The maximum Gasteiger partial charge on any atom is 0.0620 e. The lowest BCUT2D eigenvalue weighted by Gasteiger charge is -2.19. The number of fused-ring (bicyclic) bond motifs is 36. The van der Waals surface area contributed by atoms with Gasteiger partial charge in [0, 0.05) is 152 Å². The molecule has 0 fully saturated rings. The van der Waals surface area contributed by atoms with Gasteiger partial charge in [-0.25, -0.2) is 0 Å². The van der Waals surface area contributed by atoms with Crippen LogP contribution in [0.2, 0.25) is 0 Å². The highest BCUT2D eigenvalue weighted by Crippen LogP contribution is 2.57. The second kappa shape index (κ2) is 25.8. The first kappa shape index (κ1) is 72.6. The van der Waals surface area contributed by atoms with Gasteiger partial charge in [-0.05, 0) is 167 Å². The van der Waals surface area contributed by atoms with E-state index in [0.717, 1.165) is 0 Å². The summed E-state index contributed by atoms with van der Waals surface area (Å²) in [6.45, 7) is 19.3. The van der Waals surface area contributed by atoms with E-state index in [2.05, 4.69) is 431 Å². The molecular formula is C121H88N8.